The van der Waals surface area contributed by atoms with Gasteiger partial charge in [0.25, 0.3) is 5.91 Å². The van der Waals surface area contributed by atoms with Gasteiger partial charge < -0.3 is 14.8 Å². The van der Waals surface area contributed by atoms with E-state index >= 15 is 0 Å². The molecule has 1 atom stereocenters. The van der Waals surface area contributed by atoms with Crippen LogP contribution in [-0.4, -0.2) is 50.2 Å². The molecule has 1 aliphatic heterocycles. The smallest absolute Gasteiger partial charge is 0.259 e. The predicted molar refractivity (Wildman–Crippen MR) is 122 cm³/mol. The van der Waals surface area contributed by atoms with E-state index in [-0.39, 0.29) is 29.6 Å². The molecule has 2 aliphatic rings. The zero-order valence-electron chi connectivity index (χ0n) is 18.5. The third kappa shape index (κ3) is 4.42. The van der Waals surface area contributed by atoms with Crippen molar-refractivity contribution < 1.29 is 14.0 Å². The number of rotatable bonds is 5. The molecular formula is C25H28FN5O2. The standard InChI is InChI=1S/C25H28FN5O2/c26-19-9-11-21(12-10-19)31-24(29-13-3-4-14-29)22(16-27-31)25(33)30-15-5-6-18(17-30)23(32)28-20-7-1-2-8-20/h3-4,9-14,16,18,20H,1-2,5-8,15,17H2,(H,28,32). The van der Waals surface area contributed by atoms with Crippen LogP contribution in [0, 0.1) is 11.7 Å². The minimum atomic E-state index is -0.333. The zero-order valence-corrected chi connectivity index (χ0v) is 18.5. The zero-order chi connectivity index (χ0) is 22.8. The van der Waals surface area contributed by atoms with Crippen LogP contribution in [0.5, 0.6) is 0 Å². The summed E-state index contributed by atoms with van der Waals surface area (Å²) in [5, 5.41) is 7.64. The summed E-state index contributed by atoms with van der Waals surface area (Å²) in [6.07, 6.45) is 11.3. The molecule has 2 aromatic heterocycles. The van der Waals surface area contributed by atoms with E-state index in [4.69, 9.17) is 0 Å². The van der Waals surface area contributed by atoms with Gasteiger partial charge in [-0.05, 0) is 62.1 Å². The highest BCUT2D eigenvalue weighted by atomic mass is 19.1. The van der Waals surface area contributed by atoms with Crippen molar-refractivity contribution >= 4 is 11.8 Å². The first kappa shape index (κ1) is 21.4. The molecule has 1 aromatic carbocycles. The third-order valence-electron chi connectivity index (χ3n) is 6.68. The largest absolute Gasteiger partial charge is 0.353 e. The van der Waals surface area contributed by atoms with E-state index in [1.807, 2.05) is 29.1 Å². The molecule has 33 heavy (non-hydrogen) atoms. The van der Waals surface area contributed by atoms with Crippen LogP contribution in [-0.2, 0) is 4.79 Å². The number of halogens is 1. The van der Waals surface area contributed by atoms with Crippen LogP contribution >= 0.6 is 0 Å². The summed E-state index contributed by atoms with van der Waals surface area (Å²) in [5.41, 5.74) is 1.11. The molecule has 2 fully saturated rings. The van der Waals surface area contributed by atoms with E-state index in [0.29, 0.717) is 30.2 Å². The van der Waals surface area contributed by atoms with E-state index < -0.39 is 0 Å². The van der Waals surface area contributed by atoms with Crippen LogP contribution in [0.3, 0.4) is 0 Å². The highest BCUT2D eigenvalue weighted by molar-refractivity contribution is 5.97. The Morgan fingerprint density at radius 1 is 1.00 bits per heavy atom. The molecule has 1 saturated carbocycles. The lowest BCUT2D eigenvalue weighted by molar-refractivity contribution is -0.127. The lowest BCUT2D eigenvalue weighted by Crippen LogP contribution is -2.47. The molecule has 8 heteroatoms. The van der Waals surface area contributed by atoms with Crippen LogP contribution < -0.4 is 5.32 Å². The molecule has 172 valence electrons. The van der Waals surface area contributed by atoms with Gasteiger partial charge in [-0.1, -0.05) is 12.8 Å². The summed E-state index contributed by atoms with van der Waals surface area (Å²) >= 11 is 0. The first-order valence-electron chi connectivity index (χ1n) is 11.7. The van der Waals surface area contributed by atoms with Gasteiger partial charge in [0, 0.05) is 31.5 Å². The Labute approximate surface area is 192 Å². The Hall–Kier alpha value is -3.42. The number of hydrogen-bond donors (Lipinski definition) is 1. The number of benzene rings is 1. The van der Waals surface area contributed by atoms with E-state index in [1.165, 1.54) is 25.0 Å². The summed E-state index contributed by atoms with van der Waals surface area (Å²) in [5.74, 6) is -0.0166. The van der Waals surface area contributed by atoms with Gasteiger partial charge in [0.2, 0.25) is 5.91 Å². The fraction of sp³-hybridized carbons (Fsp3) is 0.400. The van der Waals surface area contributed by atoms with Gasteiger partial charge >= 0.3 is 0 Å². The lowest BCUT2D eigenvalue weighted by Gasteiger charge is -2.32. The van der Waals surface area contributed by atoms with Gasteiger partial charge in [-0.15, -0.1) is 0 Å². The lowest BCUT2D eigenvalue weighted by atomic mass is 9.96. The van der Waals surface area contributed by atoms with Crippen molar-refractivity contribution in [3.05, 3.63) is 66.4 Å². The van der Waals surface area contributed by atoms with Gasteiger partial charge in [-0.2, -0.15) is 5.10 Å². The number of carbonyl (C=O) groups excluding carboxylic acids is 2. The molecule has 0 spiro atoms. The van der Waals surface area contributed by atoms with Crippen molar-refractivity contribution in [1.29, 1.82) is 0 Å². The number of piperidine rings is 1. The van der Waals surface area contributed by atoms with E-state index in [9.17, 15) is 14.0 Å². The van der Waals surface area contributed by atoms with Crippen LogP contribution in [0.15, 0.2) is 55.0 Å². The second-order valence-corrected chi connectivity index (χ2v) is 8.94. The van der Waals surface area contributed by atoms with Gasteiger partial charge in [0.1, 0.15) is 11.4 Å². The highest BCUT2D eigenvalue weighted by Crippen LogP contribution is 2.25. The number of carbonyl (C=O) groups is 2. The number of nitrogens with zero attached hydrogens (tertiary/aromatic N) is 4. The Morgan fingerprint density at radius 2 is 1.73 bits per heavy atom. The van der Waals surface area contributed by atoms with Crippen molar-refractivity contribution in [3.8, 4) is 11.5 Å². The quantitative estimate of drug-likeness (QED) is 0.645. The first-order chi connectivity index (χ1) is 16.1. The van der Waals surface area contributed by atoms with Gasteiger partial charge in [-0.3, -0.25) is 9.59 Å². The fourth-order valence-corrected chi connectivity index (χ4v) is 4.92. The monoisotopic (exact) mass is 449 g/mol. The summed E-state index contributed by atoms with van der Waals surface area (Å²) < 4.78 is 16.9. The fourth-order valence-electron chi connectivity index (χ4n) is 4.92. The topological polar surface area (TPSA) is 72.2 Å². The molecule has 0 radical (unpaired) electrons. The van der Waals surface area contributed by atoms with Crippen molar-refractivity contribution in [3.63, 3.8) is 0 Å². The Morgan fingerprint density at radius 3 is 2.45 bits per heavy atom. The predicted octanol–water partition coefficient (Wildman–Crippen LogP) is 3.71. The Kier molecular flexibility index (Phi) is 5.98. The van der Waals surface area contributed by atoms with Gasteiger partial charge in [0.15, 0.2) is 5.82 Å². The molecular weight excluding hydrogens is 421 g/mol. The van der Waals surface area contributed by atoms with E-state index in [2.05, 4.69) is 10.4 Å². The van der Waals surface area contributed by atoms with Crippen molar-refractivity contribution in [2.75, 3.05) is 13.1 Å². The highest BCUT2D eigenvalue weighted by Gasteiger charge is 2.32. The first-order valence-corrected chi connectivity index (χ1v) is 11.7. The van der Waals surface area contributed by atoms with Crippen molar-refractivity contribution in [2.24, 2.45) is 5.92 Å². The molecule has 1 N–H and O–H groups in total. The van der Waals surface area contributed by atoms with Gasteiger partial charge in [-0.25, -0.2) is 9.07 Å². The molecule has 2 amide bonds. The second-order valence-electron chi connectivity index (χ2n) is 8.94. The minimum absolute atomic E-state index is 0.0621. The summed E-state index contributed by atoms with van der Waals surface area (Å²) in [7, 11) is 0. The van der Waals surface area contributed by atoms with Crippen molar-refractivity contribution in [1.82, 2.24) is 24.6 Å². The molecule has 1 saturated heterocycles. The molecule has 3 aromatic rings. The summed E-state index contributed by atoms with van der Waals surface area (Å²) in [6.45, 7) is 1.02. The van der Waals surface area contributed by atoms with E-state index in [0.717, 1.165) is 25.7 Å². The Bertz CT molecular complexity index is 1120. The van der Waals surface area contributed by atoms with Crippen LogP contribution in [0.25, 0.3) is 11.5 Å². The van der Waals surface area contributed by atoms with Crippen LogP contribution in [0.2, 0.25) is 0 Å². The average Bonchev–Trinajstić information content (AvgIpc) is 3.60. The summed E-state index contributed by atoms with van der Waals surface area (Å²) in [4.78, 5) is 28.2. The maximum Gasteiger partial charge on any atom is 0.259 e. The minimum Gasteiger partial charge on any atom is -0.353 e. The third-order valence-corrected chi connectivity index (χ3v) is 6.68. The molecule has 1 aliphatic carbocycles. The normalized spacial score (nSPS) is 19.1. The number of likely N-dealkylation sites (tertiary alicyclic amines) is 1. The van der Waals surface area contributed by atoms with Gasteiger partial charge in [0.05, 0.1) is 17.8 Å². The van der Waals surface area contributed by atoms with Crippen LogP contribution in [0.1, 0.15) is 48.9 Å². The van der Waals surface area contributed by atoms with Crippen LogP contribution in [0.4, 0.5) is 4.39 Å². The number of hydrogen-bond acceptors (Lipinski definition) is 3. The SMILES string of the molecule is O=C(NC1CCCC1)C1CCCN(C(=O)c2cnn(-c3ccc(F)cc3)c2-n2cccc2)C1. The number of amides is 2. The second kappa shape index (κ2) is 9.21. The Balaban J connectivity index is 1.40. The maximum absolute atomic E-state index is 13.6. The number of nitrogens with one attached hydrogen (secondary N) is 1. The molecule has 1 unspecified atom stereocenters. The number of aromatic nitrogens is 3. The van der Waals surface area contributed by atoms with E-state index in [1.54, 1.807) is 27.9 Å². The summed E-state index contributed by atoms with van der Waals surface area (Å²) in [6, 6.07) is 10.0. The van der Waals surface area contributed by atoms with Crippen molar-refractivity contribution in [2.45, 2.75) is 44.6 Å². The molecule has 0 bridgehead atoms. The molecule has 7 nitrogen and oxygen atoms in total. The maximum atomic E-state index is 13.6. The molecule has 5 rings (SSSR count). The average molecular weight is 450 g/mol. The molecule has 3 heterocycles.